The van der Waals surface area contributed by atoms with Crippen LogP contribution in [-0.4, -0.2) is 293 Å². The van der Waals surface area contributed by atoms with Gasteiger partial charge in [0.1, 0.15) is 42.8 Å². The molecule has 0 bridgehead atoms. The summed E-state index contributed by atoms with van der Waals surface area (Å²) in [4.78, 5) is 186. The Labute approximate surface area is 646 Å². The SMILES string of the molecule is CB(O)NCCCCC(C)C(=O)O.CCC(NC(=O)C(C)CNB(C)O)C(=O)O.CCNC(=O)C(CC)NC(=O)C(C)CNB(C)O.CCNC(=O)C(CC)NC(=O)C(CNB(C)O)NC(=O)CS.O=C(O)CNC(=O)C(CC(=O)O)NC(=O)C(CNC(=O)CNC(=O)CC1SCC2NC(=O)NC21)NC(=O)CS. The summed E-state index contributed by atoms with van der Waals surface area (Å²) in [5, 5.41) is 114. The summed E-state index contributed by atoms with van der Waals surface area (Å²) in [5.74, 6) is -11.2. The van der Waals surface area contributed by atoms with Crippen molar-refractivity contribution < 1.29 is 117 Å². The Morgan fingerprint density at radius 2 is 0.889 bits per heavy atom. The van der Waals surface area contributed by atoms with Crippen molar-refractivity contribution >= 4 is 160 Å². The standard InChI is InChI=1S/C20H29N7O10S2.C12H25BN4O4S.C11H24BN3O3.C9H19BN2O4.C8H18BNO3/c28-12(2-11-17-10(7-39-11)26-20(37)27-17)22-4-13(29)21-3-9(24-14(30)6-38)19(36)25-8(1-15(31)32)18(35)23-5-16(33)34;1-4-8(11(19)14-5-2)17-12(20)9(6-15-13(3)21)16-10(18)7-22;1-5-9(11(17)13-6-2)15-10(16)8(3)7-14-12(4)18;1-4-7(9(14)15)12-8(13)6(2)5-11-10(3)16;1-7(8(11)12)5-3-4-6-10-9(2)13/h8-11,17,38H,1-7H2,(H,21,29)(H,22,28)(H,23,35)(H,24,30)(H,25,36)(H,31,32)(H,33,34)(H2,26,27,37);8-9,15,21-22H,4-7H2,1-3H3,(H,14,19)(H,16,18)(H,17,20);8-9,14,18H,5-7H2,1-4H3,(H,13,17)(H,15,16);6-7,11,16H,4-5H2,1-3H3,(H,12,13)(H,14,15);7,10,13H,3-6H2,1-2H3,(H,11,12). The molecule has 0 aromatic rings. The number of fused-ring (bicyclic) bond motifs is 1. The zero-order valence-corrected chi connectivity index (χ0v) is 65.9. The molecule has 0 aliphatic carbocycles. The van der Waals surface area contributed by atoms with Gasteiger partial charge >= 0.3 is 58.1 Å². The first-order chi connectivity index (χ1) is 50.6. The van der Waals surface area contributed by atoms with E-state index < -0.39 is 156 Å². The fourth-order valence-electron chi connectivity index (χ4n) is 8.84. The minimum atomic E-state index is -1.67. The molecule has 12 atom stereocenters. The molecule has 0 saturated carbocycles. The van der Waals surface area contributed by atoms with E-state index in [2.05, 4.69) is 110 Å². The van der Waals surface area contributed by atoms with Gasteiger partial charge in [0.25, 0.3) is 0 Å². The van der Waals surface area contributed by atoms with Crippen LogP contribution in [0.1, 0.15) is 107 Å². The Hall–Kier alpha value is -7.69. The van der Waals surface area contributed by atoms with Crippen LogP contribution in [0.15, 0.2) is 0 Å². The summed E-state index contributed by atoms with van der Waals surface area (Å²) >= 11 is 9.14. The number of unbranched alkanes of at least 4 members (excludes halogenated alkanes) is 1. The number of carbonyl (C=O) groups is 16. The highest BCUT2D eigenvalue weighted by atomic mass is 32.2. The van der Waals surface area contributed by atoms with Crippen LogP contribution in [-0.2, 0) is 71.9 Å². The van der Waals surface area contributed by atoms with Gasteiger partial charge in [-0.05, 0) is 92.9 Å². The third-order valence-electron chi connectivity index (χ3n) is 15.0. The van der Waals surface area contributed by atoms with E-state index >= 15 is 0 Å². The number of hydrogen-bond acceptors (Lipinski definition) is 27. The number of carboxylic acid groups (broad SMARTS) is 4. The van der Waals surface area contributed by atoms with Crippen LogP contribution in [0, 0.1) is 17.8 Å². The molecule has 2 fully saturated rings. The van der Waals surface area contributed by atoms with Gasteiger partial charge in [0.15, 0.2) is 0 Å². The highest BCUT2D eigenvalue weighted by Crippen LogP contribution is 2.32. The molecule has 108 heavy (non-hydrogen) atoms. The second kappa shape index (κ2) is 60.2. The van der Waals surface area contributed by atoms with Crippen molar-refractivity contribution in [3.63, 3.8) is 0 Å². The molecule has 0 radical (unpaired) electrons. The highest BCUT2D eigenvalue weighted by Gasteiger charge is 2.44. The number of amides is 13. The van der Waals surface area contributed by atoms with Crippen molar-refractivity contribution in [2.45, 2.75) is 188 Å². The van der Waals surface area contributed by atoms with E-state index in [-0.39, 0.29) is 89.2 Å². The lowest BCUT2D eigenvalue weighted by molar-refractivity contribution is -0.142. The van der Waals surface area contributed by atoms with Gasteiger partial charge in [0.05, 0.1) is 42.5 Å². The zero-order valence-electron chi connectivity index (χ0n) is 63.3. The number of nitrogens with one attached hydrogen (secondary N) is 17. The van der Waals surface area contributed by atoms with Crippen molar-refractivity contribution in [1.82, 2.24) is 90.0 Å². The Kier molecular flexibility index (Phi) is 58.2. The molecule has 0 aromatic carbocycles. The summed E-state index contributed by atoms with van der Waals surface area (Å²) < 4.78 is 0. The largest absolute Gasteiger partial charge is 0.481 e. The quantitative estimate of drug-likeness (QED) is 0.0116. The highest BCUT2D eigenvalue weighted by molar-refractivity contribution is 8.00. The number of thiol groups is 2. The first-order valence-electron chi connectivity index (χ1n) is 35.2. The lowest BCUT2D eigenvalue weighted by atomic mass is 9.88. The predicted octanol–water partition coefficient (Wildman–Crippen LogP) is -7.29. The number of hydrogen-bond donors (Lipinski definition) is 27. The van der Waals surface area contributed by atoms with Crippen LogP contribution in [0.3, 0.4) is 0 Å². The van der Waals surface area contributed by atoms with E-state index in [0.29, 0.717) is 57.6 Å². The fraction of sp³-hybridized carbons (Fsp3) is 0.733. The van der Waals surface area contributed by atoms with Gasteiger partial charge in [-0.2, -0.15) is 37.0 Å². The maximum Gasteiger partial charge on any atom is 0.373 e. The Morgan fingerprint density at radius 3 is 1.31 bits per heavy atom. The van der Waals surface area contributed by atoms with Crippen molar-refractivity contribution in [2.75, 3.05) is 76.2 Å². The van der Waals surface area contributed by atoms with Crippen LogP contribution in [0.5, 0.6) is 0 Å². The Bertz CT molecular complexity index is 2840. The minimum absolute atomic E-state index is 0.0366. The first-order valence-corrected chi connectivity index (χ1v) is 37.5. The smallest absolute Gasteiger partial charge is 0.373 e. The number of urea groups is 1. The van der Waals surface area contributed by atoms with E-state index in [1.807, 2.05) is 19.2 Å². The van der Waals surface area contributed by atoms with E-state index in [4.69, 9.17) is 35.5 Å². The third-order valence-corrected chi connectivity index (χ3v) is 17.0. The number of carboxylic acids is 4. The Balaban J connectivity index is -0.00000137. The topological polar surface area (TPSA) is 639 Å². The van der Waals surface area contributed by atoms with Crippen molar-refractivity contribution in [1.29, 1.82) is 0 Å². The van der Waals surface area contributed by atoms with Crippen LogP contribution in [0.4, 0.5) is 4.79 Å². The molecule has 0 aromatic heterocycles. The van der Waals surface area contributed by atoms with E-state index in [0.717, 1.165) is 19.4 Å². The third kappa shape index (κ3) is 50.8. The molecule has 614 valence electrons. The van der Waals surface area contributed by atoms with E-state index in [1.165, 1.54) is 18.6 Å². The van der Waals surface area contributed by atoms with Crippen molar-refractivity contribution in [3.05, 3.63) is 0 Å². The molecule has 41 nitrogen and oxygen atoms in total. The second-order valence-electron chi connectivity index (χ2n) is 24.7. The van der Waals surface area contributed by atoms with E-state index in [9.17, 15) is 81.7 Å². The molecule has 12 unspecified atom stereocenters. The number of rotatable bonds is 47. The average Bonchev–Trinajstić information content (AvgIpc) is 1.66. The summed E-state index contributed by atoms with van der Waals surface area (Å²) in [6.07, 6.45) is 2.98. The maximum absolute atomic E-state index is 12.7. The van der Waals surface area contributed by atoms with Gasteiger partial charge in [-0.15, -0.1) is 0 Å². The molecule has 2 saturated heterocycles. The van der Waals surface area contributed by atoms with Crippen LogP contribution in [0.2, 0.25) is 27.3 Å². The second-order valence-corrected chi connectivity index (χ2v) is 26.6. The Morgan fingerprint density at radius 1 is 0.454 bits per heavy atom. The van der Waals surface area contributed by atoms with Gasteiger partial charge in [-0.1, -0.05) is 48.0 Å². The normalized spacial score (nSPS) is 16.0. The maximum atomic E-state index is 12.7. The molecule has 13 amide bonds. The predicted molar refractivity (Wildman–Crippen MR) is 411 cm³/mol. The first kappa shape index (κ1) is 104. The molecule has 25 N–H and O–H groups in total. The lowest BCUT2D eigenvalue weighted by Crippen LogP contribution is -2.58. The molecule has 2 aliphatic heterocycles. The van der Waals surface area contributed by atoms with Crippen LogP contribution >= 0.6 is 37.0 Å². The molecule has 2 rings (SSSR count). The molecule has 2 aliphatic rings. The van der Waals surface area contributed by atoms with Gasteiger partial charge in [0.2, 0.25) is 65.0 Å². The number of thioether (sulfide) groups is 1. The minimum Gasteiger partial charge on any atom is -0.481 e. The number of likely N-dealkylation sites (N-methyl/N-ethyl adjacent to an activating group) is 2. The summed E-state index contributed by atoms with van der Waals surface area (Å²) in [6, 6.07) is -6.62. The molecule has 2 heterocycles. The van der Waals surface area contributed by atoms with Gasteiger partial charge in [0, 0.05) is 55.4 Å². The molecule has 0 spiro atoms. The van der Waals surface area contributed by atoms with Crippen LogP contribution < -0.4 is 90.0 Å². The molecular formula is C60H115B4N17O24S3. The van der Waals surface area contributed by atoms with Crippen molar-refractivity contribution in [3.8, 4) is 0 Å². The lowest BCUT2D eigenvalue weighted by Gasteiger charge is -2.22. The summed E-state index contributed by atoms with van der Waals surface area (Å²) in [7, 11) is -2.63. The summed E-state index contributed by atoms with van der Waals surface area (Å²) in [6.45, 7) is 21.1. The number of carbonyl (C=O) groups excluding carboxylic acids is 12. The van der Waals surface area contributed by atoms with Crippen molar-refractivity contribution in [2.24, 2.45) is 17.8 Å². The summed E-state index contributed by atoms with van der Waals surface area (Å²) in [5.41, 5.74) is 0. The molecule has 48 heteroatoms. The fourth-order valence-corrected chi connectivity index (χ4v) is 10.5. The average molecular weight is 1600 g/mol. The zero-order chi connectivity index (χ0) is 83.3. The molecular weight excluding hydrogens is 1480 g/mol. The van der Waals surface area contributed by atoms with Crippen LogP contribution in [0.25, 0.3) is 0 Å². The van der Waals surface area contributed by atoms with Gasteiger partial charge in [-0.25, -0.2) is 9.59 Å². The monoisotopic (exact) mass is 1600 g/mol. The van der Waals surface area contributed by atoms with E-state index in [1.54, 1.807) is 62.0 Å². The number of aliphatic carboxylic acids is 4. The van der Waals surface area contributed by atoms with Gasteiger partial charge in [-0.3, -0.25) is 67.1 Å². The van der Waals surface area contributed by atoms with Gasteiger partial charge < -0.3 is 131 Å².